The van der Waals surface area contributed by atoms with E-state index in [1.807, 2.05) is 13.1 Å². The maximum absolute atomic E-state index is 5.71. The summed E-state index contributed by atoms with van der Waals surface area (Å²) in [6.07, 6.45) is 0. The molecule has 1 unspecified atom stereocenters. The van der Waals surface area contributed by atoms with Gasteiger partial charge in [0.15, 0.2) is 4.60 Å². The van der Waals surface area contributed by atoms with Crippen LogP contribution in [0.15, 0.2) is 22.8 Å². The molecule has 0 fully saturated rings. The van der Waals surface area contributed by atoms with Crippen LogP contribution >= 0.6 is 38.5 Å². The van der Waals surface area contributed by atoms with Gasteiger partial charge in [0.25, 0.3) is 0 Å². The van der Waals surface area contributed by atoms with Gasteiger partial charge in [-0.05, 0) is 56.6 Å². The van der Waals surface area contributed by atoms with Crippen LogP contribution in [0.5, 0.6) is 0 Å². The Morgan fingerprint density at radius 1 is 1.50 bits per heavy atom. The summed E-state index contributed by atoms with van der Waals surface area (Å²) in [4.78, 5) is 0. The molecule has 0 bridgehead atoms. The molecule has 18 heavy (non-hydrogen) atoms. The van der Waals surface area contributed by atoms with E-state index in [9.17, 15) is 0 Å². The van der Waals surface area contributed by atoms with Crippen molar-refractivity contribution in [2.45, 2.75) is 13.0 Å². The summed E-state index contributed by atoms with van der Waals surface area (Å²) in [6.45, 7) is 2.08. The molecule has 5 nitrogen and oxygen atoms in total. The molecule has 1 atom stereocenters. The Balaban J connectivity index is 2.56. The van der Waals surface area contributed by atoms with Gasteiger partial charge in [0, 0.05) is 10.6 Å². The molecular weight excluding hydrogens is 409 g/mol. The fourth-order valence-corrected chi connectivity index (χ4v) is 3.08. The van der Waals surface area contributed by atoms with Crippen molar-refractivity contribution in [1.82, 2.24) is 20.4 Å². The molecule has 0 saturated heterocycles. The van der Waals surface area contributed by atoms with Gasteiger partial charge in [0.2, 0.25) is 0 Å². The minimum absolute atomic E-state index is 0.147. The van der Waals surface area contributed by atoms with Crippen LogP contribution in [0.1, 0.15) is 22.9 Å². The largest absolute Gasteiger partial charge is 0.271 e. The summed E-state index contributed by atoms with van der Waals surface area (Å²) in [6, 6.07) is 6.01. The third-order valence-corrected chi connectivity index (χ3v) is 4.84. The van der Waals surface area contributed by atoms with Gasteiger partial charge in [-0.2, -0.15) is 0 Å². The highest BCUT2D eigenvalue weighted by molar-refractivity contribution is 14.1. The minimum Gasteiger partial charge on any atom is -0.271 e. The summed E-state index contributed by atoms with van der Waals surface area (Å²) in [5.41, 5.74) is 6.08. The first-order chi connectivity index (χ1) is 8.56. The fraction of sp³-hybridized carbons (Fsp3) is 0.273. The molecule has 3 N–H and O–H groups in total. The topological polar surface area (TPSA) is 68.8 Å². The van der Waals surface area contributed by atoms with Crippen molar-refractivity contribution in [3.05, 3.63) is 43.2 Å². The molecular formula is C11H13BrIN5. The molecule has 0 aliphatic heterocycles. The van der Waals surface area contributed by atoms with Crippen molar-refractivity contribution in [3.8, 4) is 0 Å². The lowest BCUT2D eigenvalue weighted by atomic mass is 10.0. The number of rotatable bonds is 3. The normalized spacial score (nSPS) is 12.7. The zero-order valence-electron chi connectivity index (χ0n) is 9.98. The van der Waals surface area contributed by atoms with Crippen molar-refractivity contribution in [3.63, 3.8) is 0 Å². The van der Waals surface area contributed by atoms with E-state index in [1.165, 1.54) is 9.13 Å². The lowest BCUT2D eigenvalue weighted by Crippen LogP contribution is -2.31. The monoisotopic (exact) mass is 421 g/mol. The SMILES string of the molecule is Cc1cccc(C(NN)c2c(Br)nnn2C)c1I. The molecule has 0 saturated carbocycles. The number of hydrogen-bond acceptors (Lipinski definition) is 4. The highest BCUT2D eigenvalue weighted by Crippen LogP contribution is 2.30. The van der Waals surface area contributed by atoms with Crippen molar-refractivity contribution in [2.75, 3.05) is 0 Å². The van der Waals surface area contributed by atoms with Gasteiger partial charge in [-0.1, -0.05) is 23.4 Å². The first-order valence-electron chi connectivity index (χ1n) is 5.32. The number of benzene rings is 1. The van der Waals surface area contributed by atoms with Crippen LogP contribution in [0.25, 0.3) is 0 Å². The smallest absolute Gasteiger partial charge is 0.153 e. The second kappa shape index (κ2) is 5.64. The van der Waals surface area contributed by atoms with E-state index in [4.69, 9.17) is 5.84 Å². The highest BCUT2D eigenvalue weighted by atomic mass is 127. The van der Waals surface area contributed by atoms with Crippen LogP contribution < -0.4 is 11.3 Å². The summed E-state index contributed by atoms with van der Waals surface area (Å²) >= 11 is 5.74. The molecule has 0 spiro atoms. The van der Waals surface area contributed by atoms with Gasteiger partial charge in [0.05, 0.1) is 11.7 Å². The van der Waals surface area contributed by atoms with E-state index in [0.717, 1.165) is 11.3 Å². The van der Waals surface area contributed by atoms with Crippen LogP contribution in [-0.4, -0.2) is 15.0 Å². The van der Waals surface area contributed by atoms with Crippen molar-refractivity contribution < 1.29 is 0 Å². The third-order valence-electron chi connectivity index (χ3n) is 2.80. The van der Waals surface area contributed by atoms with Crippen LogP contribution in [-0.2, 0) is 7.05 Å². The third kappa shape index (κ3) is 2.44. The number of nitrogens with two attached hydrogens (primary N) is 1. The molecule has 1 aromatic heterocycles. The molecule has 0 aliphatic rings. The Hall–Kier alpha value is -0.510. The molecule has 7 heteroatoms. The van der Waals surface area contributed by atoms with Gasteiger partial charge in [-0.3, -0.25) is 5.84 Å². The minimum atomic E-state index is -0.147. The van der Waals surface area contributed by atoms with E-state index >= 15 is 0 Å². The lowest BCUT2D eigenvalue weighted by molar-refractivity contribution is 0.567. The Kier molecular flexibility index (Phi) is 4.36. The van der Waals surface area contributed by atoms with Gasteiger partial charge >= 0.3 is 0 Å². The average Bonchev–Trinajstić information content (AvgIpc) is 2.67. The first-order valence-corrected chi connectivity index (χ1v) is 7.19. The molecule has 2 aromatic rings. The van der Waals surface area contributed by atoms with E-state index in [-0.39, 0.29) is 6.04 Å². The Morgan fingerprint density at radius 2 is 2.22 bits per heavy atom. The number of nitrogens with zero attached hydrogens (tertiary/aromatic N) is 3. The molecule has 1 heterocycles. The van der Waals surface area contributed by atoms with Crippen LogP contribution in [0.2, 0.25) is 0 Å². The second-order valence-electron chi connectivity index (χ2n) is 3.97. The maximum atomic E-state index is 5.71. The average molecular weight is 422 g/mol. The summed E-state index contributed by atoms with van der Waals surface area (Å²) < 4.78 is 3.60. The van der Waals surface area contributed by atoms with Gasteiger partial charge in [-0.15, -0.1) is 5.10 Å². The van der Waals surface area contributed by atoms with Crippen molar-refractivity contribution in [1.29, 1.82) is 0 Å². The molecule has 1 aromatic carbocycles. The molecule has 0 aliphatic carbocycles. The summed E-state index contributed by atoms with van der Waals surface area (Å²) in [5.74, 6) is 5.71. The standard InChI is InChI=1S/C11H13BrIN5/c1-6-4-3-5-7(8(6)13)9(15-14)10-11(12)16-17-18(10)2/h3-5,9,15H,14H2,1-2H3. The quantitative estimate of drug-likeness (QED) is 0.452. The Bertz CT molecular complexity index is 549. The fourth-order valence-electron chi connectivity index (χ4n) is 1.85. The van der Waals surface area contributed by atoms with Crippen LogP contribution in [0, 0.1) is 10.5 Å². The van der Waals surface area contributed by atoms with Gasteiger partial charge in [-0.25, -0.2) is 10.1 Å². The Labute approximate surface area is 127 Å². The van der Waals surface area contributed by atoms with E-state index in [2.05, 4.69) is 73.3 Å². The lowest BCUT2D eigenvalue weighted by Gasteiger charge is -2.19. The van der Waals surface area contributed by atoms with E-state index in [0.29, 0.717) is 4.60 Å². The molecule has 0 amide bonds. The number of nitrogens with one attached hydrogen (secondary N) is 1. The van der Waals surface area contributed by atoms with Crippen molar-refractivity contribution in [2.24, 2.45) is 12.9 Å². The number of halogens is 2. The molecule has 96 valence electrons. The summed E-state index contributed by atoms with van der Waals surface area (Å²) in [7, 11) is 1.85. The maximum Gasteiger partial charge on any atom is 0.153 e. The van der Waals surface area contributed by atoms with Crippen molar-refractivity contribution >= 4 is 38.5 Å². The number of aromatic nitrogens is 3. The highest BCUT2D eigenvalue weighted by Gasteiger charge is 2.23. The predicted molar refractivity (Wildman–Crippen MR) is 81.8 cm³/mol. The van der Waals surface area contributed by atoms with Gasteiger partial charge < -0.3 is 0 Å². The predicted octanol–water partition coefficient (Wildman–Crippen LogP) is 2.04. The van der Waals surface area contributed by atoms with E-state index < -0.39 is 0 Å². The van der Waals surface area contributed by atoms with E-state index in [1.54, 1.807) is 4.68 Å². The van der Waals surface area contributed by atoms with Crippen LogP contribution in [0.3, 0.4) is 0 Å². The second-order valence-corrected chi connectivity index (χ2v) is 5.80. The first kappa shape index (κ1) is 13.9. The zero-order valence-corrected chi connectivity index (χ0v) is 13.7. The number of aryl methyl sites for hydroxylation is 2. The molecule has 2 rings (SSSR count). The Morgan fingerprint density at radius 3 is 2.78 bits per heavy atom. The number of hydrogen-bond donors (Lipinski definition) is 2. The number of hydrazine groups is 1. The molecule has 0 radical (unpaired) electrons. The summed E-state index contributed by atoms with van der Waals surface area (Å²) in [5, 5.41) is 7.98. The van der Waals surface area contributed by atoms with Crippen LogP contribution in [0.4, 0.5) is 0 Å². The van der Waals surface area contributed by atoms with Gasteiger partial charge in [0.1, 0.15) is 0 Å². The zero-order chi connectivity index (χ0) is 13.3.